The molecule has 0 aliphatic rings. The monoisotopic (exact) mass is 89.0 g/mol. The van der Waals surface area contributed by atoms with Gasteiger partial charge in [0.25, 0.3) is 0 Å². The van der Waals surface area contributed by atoms with Gasteiger partial charge in [-0.15, -0.1) is 0 Å². The van der Waals surface area contributed by atoms with Gasteiger partial charge in [0.1, 0.15) is 12.2 Å². The summed E-state index contributed by atoms with van der Waals surface area (Å²) in [6.45, 7) is 1.85. The smallest absolute Gasteiger partial charge is 0.137 e. The van der Waals surface area contributed by atoms with E-state index in [1.165, 1.54) is 6.33 Å². The van der Waals surface area contributed by atoms with E-state index >= 15 is 0 Å². The van der Waals surface area contributed by atoms with Crippen LogP contribution >= 0.6 is 0 Å². The summed E-state index contributed by atoms with van der Waals surface area (Å²) in [5, 5.41) is 6.22. The summed E-state index contributed by atoms with van der Waals surface area (Å²) < 4.78 is 0. The van der Waals surface area contributed by atoms with Crippen molar-refractivity contribution in [2.45, 2.75) is 6.92 Å². The molecule has 1 heterocycles. The van der Waals surface area contributed by atoms with Crippen LogP contribution in [0.2, 0.25) is 0 Å². The first-order valence-electron chi connectivity index (χ1n) is 1.71. The Morgan fingerprint density at radius 3 is 2.83 bits per heavy atom. The molecular formula is C3H5N3. The van der Waals surface area contributed by atoms with Gasteiger partial charge in [-0.05, 0) is 6.92 Å². The Morgan fingerprint density at radius 2 is 2.67 bits per heavy atom. The second kappa shape index (κ2) is 1.08. The number of hydrogen-bond acceptors (Lipinski definition) is 2. The van der Waals surface area contributed by atoms with Gasteiger partial charge in [0.15, 0.2) is 0 Å². The van der Waals surface area contributed by atoms with E-state index in [1.807, 2.05) is 6.92 Å². The zero-order chi connectivity index (χ0) is 4.41. The zero-order valence-electron chi connectivity index (χ0n) is 3.47. The number of aromatic nitrogens is 3. The highest BCUT2D eigenvalue weighted by Crippen LogP contribution is 1.73. The Morgan fingerprint density at radius 1 is 1.83 bits per heavy atom. The molecule has 0 amide bonds. The van der Waals surface area contributed by atoms with Gasteiger partial charge in [-0.3, -0.25) is 5.10 Å². The molecule has 0 atom stereocenters. The van der Waals surface area contributed by atoms with Crippen LogP contribution < -0.4 is 0 Å². The average molecular weight is 89.1 g/mol. The molecule has 3 heteroatoms. The van der Waals surface area contributed by atoms with Crippen LogP contribution in [0.1, 0.15) is 5.82 Å². The highest BCUT2D eigenvalue weighted by atomic mass is 16.2. The summed E-state index contributed by atoms with van der Waals surface area (Å²) in [7, 11) is 0. The predicted octanol–water partition coefficient (Wildman–Crippen LogP) is 0.113. The van der Waals surface area contributed by atoms with Crippen molar-refractivity contribution < 1.29 is 0 Å². The first-order chi connectivity index (χ1) is 2.89. The Bertz CT molecular complexity index is 110. The van der Waals surface area contributed by atoms with Gasteiger partial charge in [-0.1, -0.05) is 0 Å². The van der Waals surface area contributed by atoms with Crippen molar-refractivity contribution in [2.24, 2.45) is 0 Å². The zero-order valence-corrected chi connectivity index (χ0v) is 3.47. The van der Waals surface area contributed by atoms with E-state index in [4.69, 9.17) is 0 Å². The fourth-order valence-electron chi connectivity index (χ4n) is 0.267. The number of aryl methyl sites for hydroxylation is 1. The lowest BCUT2D eigenvalue weighted by Gasteiger charge is -1.66. The van der Waals surface area contributed by atoms with Gasteiger partial charge in [-0.25, -0.2) is 4.98 Å². The summed E-state index contributed by atoms with van der Waals surface area (Å²) in [6.07, 6.45) is 1.48. The minimum Gasteiger partial charge on any atom is -0.264 e. The number of nitrogens with zero attached hydrogens (tertiary/aromatic N) is 2. The molecule has 0 saturated carbocycles. The molecule has 1 N–H and O–H groups in total. The van der Waals surface area contributed by atoms with Gasteiger partial charge >= 0.3 is 0 Å². The Hall–Kier alpha value is -0.860. The summed E-state index contributed by atoms with van der Waals surface area (Å²) >= 11 is 0. The third-order valence-electron chi connectivity index (χ3n) is 0.535. The normalized spacial score (nSPS) is 8.83. The van der Waals surface area contributed by atoms with E-state index in [9.17, 15) is 0 Å². The van der Waals surface area contributed by atoms with E-state index in [2.05, 4.69) is 15.2 Å². The lowest BCUT2D eigenvalue weighted by atomic mass is 11.8. The maximum atomic E-state index is 3.75. The van der Waals surface area contributed by atoms with Gasteiger partial charge in [0.2, 0.25) is 0 Å². The number of rotatable bonds is 0. The molecule has 6 heavy (non-hydrogen) atoms. The van der Waals surface area contributed by atoms with Crippen molar-refractivity contribution in [3.63, 3.8) is 0 Å². The summed E-state index contributed by atoms with van der Waals surface area (Å²) in [5.41, 5.74) is 0. The van der Waals surface area contributed by atoms with Crippen LogP contribution in [0.25, 0.3) is 0 Å². The predicted molar refractivity (Wildman–Crippen MR) is 21.1 cm³/mol. The molecular weight excluding hydrogens is 84.0 g/mol. The number of aromatic amines is 1. The molecule has 0 aromatic carbocycles. The second-order valence-corrected chi connectivity index (χ2v) is 1.07. The van der Waals surface area contributed by atoms with Gasteiger partial charge in [0, 0.05) is 0 Å². The van der Waals surface area contributed by atoms with Crippen LogP contribution in [-0.2, 0) is 0 Å². The minimum absolute atomic E-state index is 0.856. The molecule has 1 rings (SSSR count). The quantitative estimate of drug-likeness (QED) is 0.458. The van der Waals surface area contributed by atoms with Crippen LogP contribution in [0.3, 0.4) is 0 Å². The fraction of sp³-hybridized carbons (Fsp3) is 0.333. The summed E-state index contributed by atoms with van der Waals surface area (Å²) in [4.78, 5) is 3.75. The lowest BCUT2D eigenvalue weighted by Crippen LogP contribution is -1.68. The van der Waals surface area contributed by atoms with Crippen LogP contribution in [0.15, 0.2) is 6.33 Å². The number of nitrogens with one attached hydrogen (secondary N) is 1. The van der Waals surface area contributed by atoms with Crippen molar-refractivity contribution in [3.05, 3.63) is 12.2 Å². The topological polar surface area (TPSA) is 41.6 Å². The van der Waals surface area contributed by atoms with E-state index in [0.29, 0.717) is 0 Å². The van der Waals surface area contributed by atoms with Gasteiger partial charge in [-0.2, -0.15) is 5.10 Å². The largest absolute Gasteiger partial charge is 0.264 e. The van der Waals surface area contributed by atoms with Gasteiger partial charge in [0.05, 0.1) is 0 Å². The Balaban J connectivity index is 3.05. The summed E-state index contributed by atoms with van der Waals surface area (Å²) in [6, 6.07) is 0. The first-order valence-corrected chi connectivity index (χ1v) is 1.71. The number of H-pyrrole nitrogens is 1. The maximum Gasteiger partial charge on any atom is 0.137 e. The van der Waals surface area contributed by atoms with E-state index in [0.717, 1.165) is 5.82 Å². The van der Waals surface area contributed by atoms with Crippen molar-refractivity contribution in [3.8, 4) is 0 Å². The first kappa shape index (κ1) is 3.33. The van der Waals surface area contributed by atoms with Crippen LogP contribution in [0.5, 0.6) is 0 Å². The SMILES string of the molecule is [13CH3][13c]1[15n][13cH][15n][15nH]1. The third-order valence-corrected chi connectivity index (χ3v) is 0.535. The molecule has 1 aromatic heterocycles. The van der Waals surface area contributed by atoms with Crippen molar-refractivity contribution in [1.29, 1.82) is 0 Å². The molecule has 0 saturated heterocycles. The lowest BCUT2D eigenvalue weighted by molar-refractivity contribution is 1.04. The van der Waals surface area contributed by atoms with Crippen molar-refractivity contribution >= 4 is 0 Å². The van der Waals surface area contributed by atoms with Gasteiger partial charge < -0.3 is 0 Å². The molecule has 0 spiro atoms. The van der Waals surface area contributed by atoms with E-state index < -0.39 is 0 Å². The highest BCUT2D eigenvalue weighted by Gasteiger charge is 1.75. The molecule has 1 aromatic rings. The molecule has 3 nitrogen and oxygen atoms in total. The fourth-order valence-corrected chi connectivity index (χ4v) is 0.267. The standard InChI is InChI=1S/C3H5N3/c1-3-4-2-5-6-3/h2H,1H3,(H,4,5,6)/i1+1,2+1,3+1,4+1,5+1,6+1. The molecule has 0 radical (unpaired) electrons. The second-order valence-electron chi connectivity index (χ2n) is 1.07. The molecule has 0 bridgehead atoms. The van der Waals surface area contributed by atoms with E-state index in [1.54, 1.807) is 0 Å². The third kappa shape index (κ3) is 0.381. The molecule has 0 aliphatic carbocycles. The van der Waals surface area contributed by atoms with Crippen LogP contribution in [-0.4, -0.2) is 15.2 Å². The Labute approximate surface area is 35.4 Å². The van der Waals surface area contributed by atoms with Crippen LogP contribution in [0, 0.1) is 6.92 Å². The minimum atomic E-state index is 0.856. The highest BCUT2D eigenvalue weighted by molar-refractivity contribution is 4.70. The van der Waals surface area contributed by atoms with Crippen molar-refractivity contribution in [1.82, 2.24) is 15.2 Å². The molecule has 0 unspecified atom stereocenters. The number of hydrogen-bond donors (Lipinski definition) is 1. The molecule has 0 fully saturated rings. The van der Waals surface area contributed by atoms with Crippen molar-refractivity contribution in [2.75, 3.05) is 0 Å². The average Bonchev–Trinajstić information content (AvgIpc) is 1.86. The van der Waals surface area contributed by atoms with E-state index in [-0.39, 0.29) is 0 Å². The Kier molecular flexibility index (Phi) is 0.602. The van der Waals surface area contributed by atoms with Crippen LogP contribution in [0.4, 0.5) is 0 Å². The molecule has 0 aliphatic heterocycles. The molecule has 32 valence electrons. The summed E-state index contributed by atoms with van der Waals surface area (Å²) in [5.74, 6) is 0.856. The maximum absolute atomic E-state index is 3.75.